The predicted octanol–water partition coefficient (Wildman–Crippen LogP) is 2.15. The van der Waals surface area contributed by atoms with Crippen molar-refractivity contribution in [1.82, 2.24) is 9.03 Å². The van der Waals surface area contributed by atoms with Crippen LogP contribution >= 0.6 is 0 Å². The molecule has 0 radical (unpaired) electrons. The zero-order chi connectivity index (χ0) is 21.9. The number of hydrogen-bond acceptors (Lipinski definition) is 6. The third kappa shape index (κ3) is 5.03. The first kappa shape index (κ1) is 22.1. The van der Waals surface area contributed by atoms with Crippen molar-refractivity contribution in [2.45, 2.75) is 35.5 Å². The van der Waals surface area contributed by atoms with Crippen LogP contribution in [0.2, 0.25) is 0 Å². The van der Waals surface area contributed by atoms with Crippen molar-refractivity contribution in [2.75, 3.05) is 32.8 Å². The van der Waals surface area contributed by atoms with E-state index in [1.807, 2.05) is 18.2 Å². The lowest BCUT2D eigenvalue weighted by Crippen LogP contribution is -2.35. The molecule has 0 unspecified atom stereocenters. The highest BCUT2D eigenvalue weighted by atomic mass is 32.2. The summed E-state index contributed by atoms with van der Waals surface area (Å²) in [7, 11) is -7.34. The van der Waals surface area contributed by atoms with Crippen LogP contribution < -0.4 is 14.2 Å². The molecule has 168 valence electrons. The normalized spacial score (nSPS) is 17.4. The van der Waals surface area contributed by atoms with Gasteiger partial charge in [-0.15, -0.1) is 0 Å². The molecule has 1 N–H and O–H groups in total. The number of sulfonamides is 2. The Morgan fingerprint density at radius 3 is 2.16 bits per heavy atom. The van der Waals surface area contributed by atoms with Gasteiger partial charge in [0.15, 0.2) is 11.5 Å². The van der Waals surface area contributed by atoms with Crippen LogP contribution in [0.25, 0.3) is 0 Å². The first-order chi connectivity index (χ1) is 14.9. The van der Waals surface area contributed by atoms with E-state index in [0.29, 0.717) is 44.2 Å². The molecule has 0 atom stereocenters. The Labute approximate surface area is 183 Å². The number of hydrogen-bond donors (Lipinski definition) is 1. The summed E-state index contributed by atoms with van der Waals surface area (Å²) in [5.41, 5.74) is 0.926. The number of fused-ring (bicyclic) bond motifs is 1. The molecule has 10 heteroatoms. The quantitative estimate of drug-likeness (QED) is 0.671. The number of benzene rings is 2. The molecule has 2 aromatic rings. The summed E-state index contributed by atoms with van der Waals surface area (Å²) >= 11 is 0. The molecule has 0 amide bonds. The van der Waals surface area contributed by atoms with E-state index in [2.05, 4.69) is 4.72 Å². The van der Waals surface area contributed by atoms with Crippen molar-refractivity contribution in [1.29, 1.82) is 0 Å². The summed E-state index contributed by atoms with van der Waals surface area (Å²) in [6.07, 6.45) is 3.20. The molecule has 1 fully saturated rings. The lowest BCUT2D eigenvalue weighted by molar-refractivity contribution is 0.171. The fourth-order valence-electron chi connectivity index (χ4n) is 3.70. The van der Waals surface area contributed by atoms with E-state index in [-0.39, 0.29) is 16.3 Å². The van der Waals surface area contributed by atoms with Gasteiger partial charge in [-0.3, -0.25) is 0 Å². The minimum Gasteiger partial charge on any atom is -0.486 e. The molecule has 0 aromatic heterocycles. The monoisotopic (exact) mass is 466 g/mol. The highest BCUT2D eigenvalue weighted by Gasteiger charge is 2.26. The van der Waals surface area contributed by atoms with Crippen molar-refractivity contribution in [3.05, 3.63) is 48.0 Å². The van der Waals surface area contributed by atoms with Crippen LogP contribution in [0.1, 0.15) is 24.8 Å². The summed E-state index contributed by atoms with van der Waals surface area (Å²) in [6, 6.07) is 10.9. The van der Waals surface area contributed by atoms with Crippen molar-refractivity contribution < 1.29 is 26.3 Å². The van der Waals surface area contributed by atoms with E-state index in [1.54, 1.807) is 0 Å². The maximum absolute atomic E-state index is 12.7. The van der Waals surface area contributed by atoms with Gasteiger partial charge in [-0.25, -0.2) is 21.6 Å². The smallest absolute Gasteiger partial charge is 0.243 e. The second-order valence-electron chi connectivity index (χ2n) is 7.56. The molecule has 0 bridgehead atoms. The molecule has 2 aliphatic rings. The molecule has 0 spiro atoms. The Bertz CT molecular complexity index is 1120. The predicted molar refractivity (Wildman–Crippen MR) is 115 cm³/mol. The van der Waals surface area contributed by atoms with Crippen LogP contribution in [0.15, 0.2) is 52.3 Å². The van der Waals surface area contributed by atoms with Crippen molar-refractivity contribution in [3.8, 4) is 11.5 Å². The van der Waals surface area contributed by atoms with E-state index in [4.69, 9.17) is 9.47 Å². The molecule has 31 heavy (non-hydrogen) atoms. The second-order valence-corrected chi connectivity index (χ2v) is 11.3. The summed E-state index contributed by atoms with van der Waals surface area (Å²) in [6.45, 7) is 2.22. The maximum Gasteiger partial charge on any atom is 0.243 e. The first-order valence-electron chi connectivity index (χ1n) is 10.3. The summed E-state index contributed by atoms with van der Waals surface area (Å²) in [5, 5.41) is 0. The molecule has 0 aliphatic carbocycles. The van der Waals surface area contributed by atoms with Crippen LogP contribution in [0.5, 0.6) is 11.5 Å². The third-order valence-corrected chi connectivity index (χ3v) is 8.79. The largest absolute Gasteiger partial charge is 0.486 e. The number of rotatable bonds is 7. The van der Waals surface area contributed by atoms with Gasteiger partial charge in [0, 0.05) is 19.6 Å². The fraction of sp³-hybridized carbons (Fsp3) is 0.429. The van der Waals surface area contributed by atoms with Gasteiger partial charge in [-0.2, -0.15) is 4.31 Å². The van der Waals surface area contributed by atoms with Gasteiger partial charge < -0.3 is 9.47 Å². The average molecular weight is 467 g/mol. The van der Waals surface area contributed by atoms with Gasteiger partial charge >= 0.3 is 0 Å². The van der Waals surface area contributed by atoms with Crippen LogP contribution in [0.4, 0.5) is 0 Å². The zero-order valence-corrected chi connectivity index (χ0v) is 18.8. The highest BCUT2D eigenvalue weighted by Crippen LogP contribution is 2.30. The van der Waals surface area contributed by atoms with Crippen LogP contribution in [-0.2, 0) is 26.5 Å². The number of ether oxygens (including phenoxy) is 2. The summed E-state index contributed by atoms with van der Waals surface area (Å²) < 4.78 is 65.7. The lowest BCUT2D eigenvalue weighted by Gasteiger charge is -2.25. The Morgan fingerprint density at radius 2 is 1.45 bits per heavy atom. The molecule has 0 saturated carbocycles. The van der Waals surface area contributed by atoms with E-state index in [1.165, 1.54) is 28.6 Å². The average Bonchev–Trinajstić information content (AvgIpc) is 2.79. The van der Waals surface area contributed by atoms with Crippen molar-refractivity contribution in [2.24, 2.45) is 0 Å². The Morgan fingerprint density at radius 1 is 0.806 bits per heavy atom. The van der Waals surface area contributed by atoms with Gasteiger partial charge in [-0.1, -0.05) is 12.5 Å². The fourth-order valence-corrected chi connectivity index (χ4v) is 6.25. The molecule has 2 heterocycles. The SMILES string of the molecule is O=S(=O)(NCCc1ccc2c(c1)OCCO2)c1ccc(S(=O)(=O)N2CCCCC2)cc1. The van der Waals surface area contributed by atoms with Crippen LogP contribution in [0, 0.1) is 0 Å². The standard InChI is InChI=1S/C21H26N2O6S2/c24-30(25,22-11-10-17-4-9-20-21(16-17)29-15-14-28-20)18-5-7-19(8-6-18)31(26,27)23-12-2-1-3-13-23/h4-9,16,22H,1-3,10-15H2. The molecular formula is C21H26N2O6S2. The van der Waals surface area contributed by atoms with Crippen LogP contribution in [-0.4, -0.2) is 54.0 Å². The Kier molecular flexibility index (Phi) is 6.52. The topological polar surface area (TPSA) is 102 Å². The van der Waals surface area contributed by atoms with E-state index in [0.717, 1.165) is 24.8 Å². The van der Waals surface area contributed by atoms with Crippen molar-refractivity contribution in [3.63, 3.8) is 0 Å². The maximum atomic E-state index is 12.7. The number of nitrogens with one attached hydrogen (secondary N) is 1. The highest BCUT2D eigenvalue weighted by molar-refractivity contribution is 7.89. The van der Waals surface area contributed by atoms with Gasteiger partial charge in [0.1, 0.15) is 13.2 Å². The molecule has 8 nitrogen and oxygen atoms in total. The number of nitrogens with zero attached hydrogens (tertiary/aromatic N) is 1. The van der Waals surface area contributed by atoms with E-state index in [9.17, 15) is 16.8 Å². The molecule has 2 aliphatic heterocycles. The zero-order valence-electron chi connectivity index (χ0n) is 17.1. The number of piperidine rings is 1. The summed E-state index contributed by atoms with van der Waals surface area (Å²) in [5.74, 6) is 1.35. The second kappa shape index (κ2) is 9.15. The van der Waals surface area contributed by atoms with E-state index < -0.39 is 20.0 Å². The Hall–Kier alpha value is -2.14. The molecule has 1 saturated heterocycles. The molecule has 2 aromatic carbocycles. The first-order valence-corrected chi connectivity index (χ1v) is 13.3. The minimum absolute atomic E-state index is 0.0345. The molecular weight excluding hydrogens is 440 g/mol. The van der Waals surface area contributed by atoms with Gasteiger partial charge in [0.25, 0.3) is 0 Å². The van der Waals surface area contributed by atoms with Crippen molar-refractivity contribution >= 4 is 20.0 Å². The summed E-state index contributed by atoms with van der Waals surface area (Å²) in [4.78, 5) is 0.150. The van der Waals surface area contributed by atoms with Gasteiger partial charge in [0.05, 0.1) is 9.79 Å². The lowest BCUT2D eigenvalue weighted by atomic mass is 10.1. The minimum atomic E-state index is -3.75. The van der Waals surface area contributed by atoms with Gasteiger partial charge in [-0.05, 0) is 61.2 Å². The third-order valence-electron chi connectivity index (χ3n) is 5.40. The van der Waals surface area contributed by atoms with Crippen LogP contribution in [0.3, 0.4) is 0 Å². The van der Waals surface area contributed by atoms with E-state index >= 15 is 0 Å². The Balaban J connectivity index is 1.38. The molecule has 4 rings (SSSR count). The van der Waals surface area contributed by atoms with Gasteiger partial charge in [0.2, 0.25) is 20.0 Å².